The van der Waals surface area contributed by atoms with E-state index < -0.39 is 0 Å². The van der Waals surface area contributed by atoms with E-state index in [1.54, 1.807) is 0 Å². The van der Waals surface area contributed by atoms with Crippen LogP contribution in [0.25, 0.3) is 6.08 Å². The van der Waals surface area contributed by atoms with Crippen LogP contribution < -0.4 is 0 Å². The molecule has 1 heteroatoms. The Balaban J connectivity index is -0.0000000973. The monoisotopic (exact) mass is 491 g/mol. The van der Waals surface area contributed by atoms with E-state index in [1.807, 2.05) is 30.3 Å². The van der Waals surface area contributed by atoms with Gasteiger partial charge in [-0.1, -0.05) is 50.3 Å². The molecule has 1 aliphatic rings. The number of hydrogen-bond donors (Lipinski definition) is 0. The van der Waals surface area contributed by atoms with Crippen LogP contribution in [0.5, 0.6) is 0 Å². The second-order valence-corrected chi connectivity index (χ2v) is 4.60. The number of hydrogen-bond acceptors (Lipinski definition) is 0. The van der Waals surface area contributed by atoms with Crippen molar-refractivity contribution in [1.29, 1.82) is 0 Å². The molecule has 1 unspecified atom stereocenters. The molecule has 24 heavy (non-hydrogen) atoms. The molecule has 0 aliphatic heterocycles. The third kappa shape index (κ3) is 10.9. The van der Waals surface area contributed by atoms with Crippen molar-refractivity contribution in [3.8, 4) is 0 Å². The van der Waals surface area contributed by atoms with Crippen molar-refractivity contribution in [2.24, 2.45) is 0 Å². The predicted molar refractivity (Wildman–Crippen MR) is 111 cm³/mol. The molecule has 0 amide bonds. The molecular weight excluding hydrogens is 455 g/mol. The summed E-state index contributed by atoms with van der Waals surface area (Å²) >= 11 is 0. The molecule has 0 aromatic heterocycles. The van der Waals surface area contributed by atoms with Crippen molar-refractivity contribution in [1.82, 2.24) is 0 Å². The van der Waals surface area contributed by atoms with E-state index in [1.165, 1.54) is 30.4 Å². The van der Waals surface area contributed by atoms with Crippen molar-refractivity contribution in [3.63, 3.8) is 0 Å². The zero-order chi connectivity index (χ0) is 12.6. The van der Waals surface area contributed by atoms with Crippen LogP contribution in [0.1, 0.15) is 43.2 Å². The molecule has 138 valence electrons. The minimum atomic E-state index is 0. The molecule has 0 fully saturated rings. The molecular formula is C23H35Hf-7. The molecule has 1 atom stereocenters. The van der Waals surface area contributed by atoms with Gasteiger partial charge in [0.25, 0.3) is 0 Å². The largest absolute Gasteiger partial charge is 0.358 e. The first-order valence-corrected chi connectivity index (χ1v) is 6.76. The van der Waals surface area contributed by atoms with Crippen LogP contribution in [0.4, 0.5) is 0 Å². The maximum atomic E-state index is 3.43. The van der Waals surface area contributed by atoms with Crippen molar-refractivity contribution in [3.05, 3.63) is 109 Å². The van der Waals surface area contributed by atoms with Gasteiger partial charge in [-0.3, -0.25) is 6.08 Å². The molecule has 0 saturated carbocycles. The van der Waals surface area contributed by atoms with Gasteiger partial charge in [-0.05, 0) is 0 Å². The summed E-state index contributed by atoms with van der Waals surface area (Å²) in [6.45, 7) is 2.24. The fourth-order valence-electron chi connectivity index (χ4n) is 2.21. The molecule has 0 radical (unpaired) electrons. The zero-order valence-corrected chi connectivity index (χ0v) is 20.1. The maximum absolute atomic E-state index is 3.43. The Labute approximate surface area is 172 Å². The summed E-state index contributed by atoms with van der Waals surface area (Å²) in [5.74, 6) is 0.566. The molecule has 0 spiro atoms. The second-order valence-electron chi connectivity index (χ2n) is 4.60. The molecule has 3 rings (SSSR count). The predicted octanol–water partition coefficient (Wildman–Crippen LogP) is 7.44. The molecule has 0 heterocycles. The van der Waals surface area contributed by atoms with Crippen LogP contribution in [0, 0.1) is 43.2 Å². The van der Waals surface area contributed by atoms with Gasteiger partial charge < -0.3 is 37.1 Å². The quantitative estimate of drug-likeness (QED) is 0.310. The van der Waals surface area contributed by atoms with E-state index in [9.17, 15) is 0 Å². The van der Waals surface area contributed by atoms with Crippen LogP contribution in [0.2, 0.25) is 0 Å². The Kier molecular flexibility index (Phi) is 29.1. The Bertz CT molecular complexity index is 451. The first-order chi connectivity index (χ1) is 8.92. The standard InChI is InChI=1S/C13H15.C5H5.5CH3.Hf/c1-2-3-6-11-9-10-12-7-4-5-8-13(11)12;1-2-4-5-3-1;;;;;;/h4-5,7-8,10-11H,2-3,6H2,1H3;1-5H;5*1H3;/q7*-1;. The summed E-state index contributed by atoms with van der Waals surface area (Å²) in [4.78, 5) is 0. The first-order valence-electron chi connectivity index (χ1n) is 6.76. The second kappa shape index (κ2) is 20.2. The molecule has 0 bridgehead atoms. The maximum Gasteiger partial charge on any atom is 0 e. The van der Waals surface area contributed by atoms with E-state index in [0.29, 0.717) is 5.92 Å². The van der Waals surface area contributed by atoms with E-state index in [-0.39, 0.29) is 63.0 Å². The summed E-state index contributed by atoms with van der Waals surface area (Å²) in [7, 11) is 0. The summed E-state index contributed by atoms with van der Waals surface area (Å²) < 4.78 is 0. The molecule has 0 N–H and O–H groups in total. The van der Waals surface area contributed by atoms with Crippen LogP contribution in [-0.2, 0) is 25.8 Å². The smallest absolute Gasteiger partial charge is 0 e. The number of benzene rings is 1. The fourth-order valence-corrected chi connectivity index (χ4v) is 2.21. The number of rotatable bonds is 3. The number of fused-ring (bicyclic) bond motifs is 1. The molecule has 1 aliphatic carbocycles. The summed E-state index contributed by atoms with van der Waals surface area (Å²) in [5, 5.41) is 0. The molecule has 2 aromatic carbocycles. The van der Waals surface area contributed by atoms with Crippen LogP contribution >= 0.6 is 0 Å². The third-order valence-electron chi connectivity index (χ3n) is 3.21. The van der Waals surface area contributed by atoms with Crippen molar-refractivity contribution in [2.45, 2.75) is 32.1 Å². The summed E-state index contributed by atoms with van der Waals surface area (Å²) in [6.07, 6.45) is 9.40. The average Bonchev–Trinajstić information content (AvgIpc) is 3.09. The van der Waals surface area contributed by atoms with Gasteiger partial charge in [0.2, 0.25) is 0 Å². The van der Waals surface area contributed by atoms with Crippen molar-refractivity contribution >= 4 is 6.08 Å². The van der Waals surface area contributed by atoms with Crippen LogP contribution in [0.3, 0.4) is 0 Å². The van der Waals surface area contributed by atoms with Gasteiger partial charge in [-0.25, -0.2) is 18.2 Å². The van der Waals surface area contributed by atoms with Crippen molar-refractivity contribution in [2.75, 3.05) is 0 Å². The van der Waals surface area contributed by atoms with Gasteiger partial charge in [0.15, 0.2) is 0 Å². The Morgan fingerprint density at radius 3 is 2.00 bits per heavy atom. The van der Waals surface area contributed by atoms with Gasteiger partial charge in [-0.2, -0.15) is 23.8 Å². The van der Waals surface area contributed by atoms with E-state index in [2.05, 4.69) is 43.3 Å². The van der Waals surface area contributed by atoms with E-state index in [0.717, 1.165) is 0 Å². The third-order valence-corrected chi connectivity index (χ3v) is 3.21. The minimum absolute atomic E-state index is 0. The zero-order valence-electron chi connectivity index (χ0n) is 16.5. The normalized spacial score (nSPS) is 12.0. The Morgan fingerprint density at radius 1 is 0.917 bits per heavy atom. The summed E-state index contributed by atoms with van der Waals surface area (Å²) in [5.41, 5.74) is 2.83. The SMILES string of the molecule is CCCCC1[C-]=Cc2ccccc21.[CH3-].[CH3-].[CH3-].[CH3-].[CH3-].[Hf].c1cc[cH-]c1. The minimum Gasteiger partial charge on any atom is -0.358 e. The number of allylic oxidation sites excluding steroid dienone is 1. The number of unbranched alkanes of at least 4 members (excludes halogenated alkanes) is 1. The van der Waals surface area contributed by atoms with E-state index >= 15 is 0 Å². The van der Waals surface area contributed by atoms with Crippen LogP contribution in [-0.4, -0.2) is 0 Å². The van der Waals surface area contributed by atoms with Crippen LogP contribution in [0.15, 0.2) is 54.6 Å². The van der Waals surface area contributed by atoms with Gasteiger partial charge >= 0.3 is 0 Å². The summed E-state index contributed by atoms with van der Waals surface area (Å²) in [6, 6.07) is 18.6. The van der Waals surface area contributed by atoms with Crippen molar-refractivity contribution < 1.29 is 25.8 Å². The Hall–Kier alpha value is -0.820. The topological polar surface area (TPSA) is 0 Å². The van der Waals surface area contributed by atoms with Gasteiger partial charge in [0.05, 0.1) is 0 Å². The Morgan fingerprint density at radius 2 is 1.50 bits per heavy atom. The molecule has 0 nitrogen and oxygen atoms in total. The van der Waals surface area contributed by atoms with Gasteiger partial charge in [0, 0.05) is 25.8 Å². The fraction of sp³-hybridized carbons (Fsp3) is 0.217. The molecule has 2 aromatic rings. The molecule has 0 saturated heterocycles. The van der Waals surface area contributed by atoms with Gasteiger partial charge in [0.1, 0.15) is 0 Å². The average molecular weight is 490 g/mol. The van der Waals surface area contributed by atoms with Gasteiger partial charge in [-0.15, -0.1) is 11.6 Å². The van der Waals surface area contributed by atoms with E-state index in [4.69, 9.17) is 0 Å². The first kappa shape index (κ1) is 34.5.